The molecule has 1 aromatic carbocycles. The number of fused-ring (bicyclic) bond motifs is 4. The Morgan fingerprint density at radius 3 is 2.60 bits per heavy atom. The van der Waals surface area contributed by atoms with Gasteiger partial charge in [-0.15, -0.1) is 0 Å². The largest absolute Gasteiger partial charge is 0.342 e. The van der Waals surface area contributed by atoms with Crippen LogP contribution in [-0.4, -0.2) is 52.4 Å². The SMILES string of the molecule is O=C1C[C@H](C(=O)N2C[C@H]3C[C@@H](C2)c2cccc(=O)n2C3)CN1CCc1ccccc1. The van der Waals surface area contributed by atoms with Crippen molar-refractivity contribution >= 4 is 11.8 Å². The first kappa shape index (κ1) is 19.1. The topological polar surface area (TPSA) is 62.6 Å². The second-order valence-electron chi connectivity index (χ2n) is 8.92. The van der Waals surface area contributed by atoms with Gasteiger partial charge in [0.1, 0.15) is 0 Å². The van der Waals surface area contributed by atoms with Crippen molar-refractivity contribution in [1.82, 2.24) is 14.4 Å². The van der Waals surface area contributed by atoms with Crippen molar-refractivity contribution in [3.8, 4) is 0 Å². The summed E-state index contributed by atoms with van der Waals surface area (Å²) in [5, 5.41) is 0. The van der Waals surface area contributed by atoms with Crippen LogP contribution < -0.4 is 5.56 Å². The molecular formula is C24H27N3O3. The minimum atomic E-state index is -0.245. The van der Waals surface area contributed by atoms with Gasteiger partial charge < -0.3 is 14.4 Å². The molecule has 2 fully saturated rings. The van der Waals surface area contributed by atoms with Crippen LogP contribution in [0.1, 0.15) is 30.0 Å². The third kappa shape index (κ3) is 3.55. The first-order chi connectivity index (χ1) is 14.6. The number of likely N-dealkylation sites (tertiary alicyclic amines) is 2. The minimum absolute atomic E-state index is 0.0532. The summed E-state index contributed by atoms with van der Waals surface area (Å²) in [5.74, 6) is 0.462. The maximum absolute atomic E-state index is 13.3. The van der Waals surface area contributed by atoms with Gasteiger partial charge in [-0.05, 0) is 30.4 Å². The number of benzene rings is 1. The maximum atomic E-state index is 13.3. The van der Waals surface area contributed by atoms with E-state index in [0.717, 1.165) is 18.5 Å². The van der Waals surface area contributed by atoms with Crippen LogP contribution in [0.2, 0.25) is 0 Å². The third-order valence-electron chi connectivity index (χ3n) is 6.87. The number of carbonyl (C=O) groups is 2. The van der Waals surface area contributed by atoms with Crippen molar-refractivity contribution in [2.24, 2.45) is 11.8 Å². The highest BCUT2D eigenvalue weighted by Gasteiger charge is 2.41. The first-order valence-corrected chi connectivity index (χ1v) is 10.9. The van der Waals surface area contributed by atoms with Crippen molar-refractivity contribution in [2.75, 3.05) is 26.2 Å². The van der Waals surface area contributed by atoms with Crippen LogP contribution in [-0.2, 0) is 22.6 Å². The molecule has 2 aromatic rings. The Labute approximate surface area is 176 Å². The standard InChI is InChI=1S/C24H27N3O3/c28-22-8-4-7-21-19-11-18(14-27(21)22)13-26(15-19)24(30)20-12-23(29)25(16-20)10-9-17-5-2-1-3-6-17/h1-8,18-20H,9-16H2/t18-,19+,20+/m1/s1. The highest BCUT2D eigenvalue weighted by atomic mass is 16.2. The summed E-state index contributed by atoms with van der Waals surface area (Å²) in [6.45, 7) is 3.20. The summed E-state index contributed by atoms with van der Waals surface area (Å²) < 4.78 is 1.88. The number of pyridine rings is 1. The molecule has 2 amide bonds. The Morgan fingerprint density at radius 1 is 0.933 bits per heavy atom. The molecule has 156 valence electrons. The molecular weight excluding hydrogens is 378 g/mol. The zero-order valence-corrected chi connectivity index (χ0v) is 17.1. The smallest absolute Gasteiger partial charge is 0.250 e. The molecule has 0 unspecified atom stereocenters. The molecule has 2 bridgehead atoms. The Hall–Kier alpha value is -2.89. The van der Waals surface area contributed by atoms with Crippen molar-refractivity contribution < 1.29 is 9.59 Å². The van der Waals surface area contributed by atoms with Gasteiger partial charge in [-0.2, -0.15) is 0 Å². The first-order valence-electron chi connectivity index (χ1n) is 10.9. The molecule has 30 heavy (non-hydrogen) atoms. The van der Waals surface area contributed by atoms with E-state index >= 15 is 0 Å². The third-order valence-corrected chi connectivity index (χ3v) is 6.87. The van der Waals surface area contributed by atoms with Crippen LogP contribution in [0, 0.1) is 11.8 Å². The molecule has 0 spiro atoms. The Kier molecular flexibility index (Phi) is 4.93. The van der Waals surface area contributed by atoms with Gasteiger partial charge in [0.2, 0.25) is 11.8 Å². The molecule has 0 saturated carbocycles. The average Bonchev–Trinajstić information content (AvgIpc) is 3.13. The molecule has 4 heterocycles. The fourth-order valence-electron chi connectivity index (χ4n) is 5.40. The highest BCUT2D eigenvalue weighted by Crippen LogP contribution is 2.36. The molecule has 3 aliphatic rings. The van der Waals surface area contributed by atoms with Crippen LogP contribution in [0.25, 0.3) is 0 Å². The predicted octanol–water partition coefficient (Wildman–Crippen LogP) is 1.89. The summed E-state index contributed by atoms with van der Waals surface area (Å²) in [7, 11) is 0. The van der Waals surface area contributed by atoms with E-state index in [1.54, 1.807) is 6.07 Å². The van der Waals surface area contributed by atoms with Gasteiger partial charge in [0.05, 0.1) is 5.92 Å². The van der Waals surface area contributed by atoms with Gasteiger partial charge in [-0.1, -0.05) is 36.4 Å². The molecule has 0 radical (unpaired) electrons. The monoisotopic (exact) mass is 405 g/mol. The van der Waals surface area contributed by atoms with E-state index < -0.39 is 0 Å². The van der Waals surface area contributed by atoms with Crippen molar-refractivity contribution in [2.45, 2.75) is 31.7 Å². The average molecular weight is 405 g/mol. The predicted molar refractivity (Wildman–Crippen MR) is 113 cm³/mol. The van der Waals surface area contributed by atoms with E-state index in [9.17, 15) is 14.4 Å². The molecule has 6 nitrogen and oxygen atoms in total. The van der Waals surface area contributed by atoms with Gasteiger partial charge in [0.25, 0.3) is 5.56 Å². The number of amides is 2. The van der Waals surface area contributed by atoms with Gasteiger partial charge in [-0.25, -0.2) is 0 Å². The van der Waals surface area contributed by atoms with Gasteiger partial charge >= 0.3 is 0 Å². The zero-order valence-electron chi connectivity index (χ0n) is 17.1. The Balaban J connectivity index is 1.24. The Bertz CT molecular complexity index is 1020. The molecule has 2 saturated heterocycles. The number of hydrogen-bond acceptors (Lipinski definition) is 3. The molecule has 3 atom stereocenters. The number of aromatic nitrogens is 1. The fourth-order valence-corrected chi connectivity index (χ4v) is 5.40. The summed E-state index contributed by atoms with van der Waals surface area (Å²) in [5.41, 5.74) is 2.30. The van der Waals surface area contributed by atoms with Gasteiger partial charge in [0.15, 0.2) is 0 Å². The normalized spacial score (nSPS) is 25.3. The maximum Gasteiger partial charge on any atom is 0.250 e. The van der Waals surface area contributed by atoms with Gasteiger partial charge in [-0.3, -0.25) is 14.4 Å². The van der Waals surface area contributed by atoms with Gasteiger partial charge in [0, 0.05) is 56.8 Å². The highest BCUT2D eigenvalue weighted by molar-refractivity contribution is 5.89. The summed E-state index contributed by atoms with van der Waals surface area (Å²) in [6.07, 6.45) is 2.16. The lowest BCUT2D eigenvalue weighted by Gasteiger charge is -2.43. The molecule has 1 aromatic heterocycles. The van der Waals surface area contributed by atoms with E-state index in [1.165, 1.54) is 5.56 Å². The second kappa shape index (κ2) is 7.74. The number of nitrogens with zero attached hydrogens (tertiary/aromatic N) is 3. The number of rotatable bonds is 4. The van der Waals surface area contributed by atoms with Crippen LogP contribution in [0.15, 0.2) is 53.3 Å². The van der Waals surface area contributed by atoms with E-state index in [4.69, 9.17) is 0 Å². The molecule has 3 aliphatic heterocycles. The van der Waals surface area contributed by atoms with E-state index in [0.29, 0.717) is 45.1 Å². The zero-order chi connectivity index (χ0) is 20.7. The van der Waals surface area contributed by atoms with Crippen LogP contribution in [0.3, 0.4) is 0 Å². The molecule has 0 aliphatic carbocycles. The lowest BCUT2D eigenvalue weighted by Crippen LogP contribution is -2.50. The lowest BCUT2D eigenvalue weighted by molar-refractivity contribution is -0.138. The summed E-state index contributed by atoms with van der Waals surface area (Å²) in [6, 6.07) is 15.6. The molecule has 5 rings (SSSR count). The Morgan fingerprint density at radius 2 is 1.77 bits per heavy atom. The van der Waals surface area contributed by atoms with Crippen molar-refractivity contribution in [3.05, 3.63) is 70.1 Å². The van der Waals surface area contributed by atoms with E-state index in [-0.39, 0.29) is 29.2 Å². The molecule has 6 heteroatoms. The van der Waals surface area contributed by atoms with Crippen molar-refractivity contribution in [1.29, 1.82) is 0 Å². The lowest BCUT2D eigenvalue weighted by atomic mass is 9.82. The minimum Gasteiger partial charge on any atom is -0.342 e. The van der Waals surface area contributed by atoms with E-state index in [2.05, 4.69) is 12.1 Å². The van der Waals surface area contributed by atoms with Crippen LogP contribution in [0.4, 0.5) is 0 Å². The second-order valence-corrected chi connectivity index (χ2v) is 8.92. The number of piperidine rings is 1. The fraction of sp³-hybridized carbons (Fsp3) is 0.458. The van der Waals surface area contributed by atoms with Crippen LogP contribution >= 0.6 is 0 Å². The number of carbonyl (C=O) groups excluding carboxylic acids is 2. The van der Waals surface area contributed by atoms with E-state index in [1.807, 2.05) is 44.7 Å². The summed E-state index contributed by atoms with van der Waals surface area (Å²) in [4.78, 5) is 41.8. The van der Waals surface area contributed by atoms with Crippen molar-refractivity contribution in [3.63, 3.8) is 0 Å². The number of hydrogen-bond donors (Lipinski definition) is 0. The van der Waals surface area contributed by atoms with Crippen LogP contribution in [0.5, 0.6) is 0 Å². The molecule has 0 N–H and O–H groups in total. The quantitative estimate of drug-likeness (QED) is 0.780. The summed E-state index contributed by atoms with van der Waals surface area (Å²) >= 11 is 0.